The van der Waals surface area contributed by atoms with Crippen LogP contribution in [0.2, 0.25) is 5.15 Å². The van der Waals surface area contributed by atoms with E-state index in [1.807, 2.05) is 0 Å². The van der Waals surface area contributed by atoms with Gasteiger partial charge in [0.25, 0.3) is 5.91 Å². The van der Waals surface area contributed by atoms with Gasteiger partial charge in [0, 0.05) is 11.8 Å². The number of methoxy groups -OCH3 is 1. The van der Waals surface area contributed by atoms with E-state index in [4.69, 9.17) is 22.1 Å². The molecule has 0 aliphatic rings. The normalized spacial score (nSPS) is 10.0. The molecule has 0 fully saturated rings. The van der Waals surface area contributed by atoms with E-state index >= 15 is 0 Å². The molecule has 0 saturated heterocycles. The first-order valence-electron chi connectivity index (χ1n) is 5.34. The number of amides is 1. The van der Waals surface area contributed by atoms with Gasteiger partial charge in [-0.1, -0.05) is 11.6 Å². The third-order valence-electron chi connectivity index (χ3n) is 2.34. The first-order chi connectivity index (χ1) is 9.10. The standard InChI is InChI=1S/C12H11ClN4O2/c1-19-9-6-7(14)2-3-8(9)12(18)15-11-5-4-10(13)16-17-11/h2-6H,14H2,1H3,(H,15,17,18). The fourth-order valence-electron chi connectivity index (χ4n) is 1.46. The summed E-state index contributed by atoms with van der Waals surface area (Å²) in [5.74, 6) is 0.321. The first-order valence-corrected chi connectivity index (χ1v) is 5.72. The predicted molar refractivity (Wildman–Crippen MR) is 72.4 cm³/mol. The fraction of sp³-hybridized carbons (Fsp3) is 0.0833. The quantitative estimate of drug-likeness (QED) is 0.838. The average molecular weight is 279 g/mol. The third-order valence-corrected chi connectivity index (χ3v) is 2.55. The largest absolute Gasteiger partial charge is 0.496 e. The molecule has 0 saturated carbocycles. The van der Waals surface area contributed by atoms with Gasteiger partial charge in [-0.3, -0.25) is 4.79 Å². The number of carbonyl (C=O) groups is 1. The molecule has 6 nitrogen and oxygen atoms in total. The van der Waals surface area contributed by atoms with Crippen molar-refractivity contribution in [3.05, 3.63) is 41.0 Å². The number of aromatic nitrogens is 2. The molecule has 1 aromatic carbocycles. The molecule has 0 aliphatic heterocycles. The van der Waals surface area contributed by atoms with E-state index in [1.54, 1.807) is 24.3 Å². The van der Waals surface area contributed by atoms with E-state index in [9.17, 15) is 4.79 Å². The van der Waals surface area contributed by atoms with Crippen LogP contribution in [0.15, 0.2) is 30.3 Å². The highest BCUT2D eigenvalue weighted by molar-refractivity contribution is 6.29. The summed E-state index contributed by atoms with van der Waals surface area (Å²) >= 11 is 5.61. The van der Waals surface area contributed by atoms with Crippen LogP contribution < -0.4 is 15.8 Å². The van der Waals surface area contributed by atoms with E-state index < -0.39 is 0 Å². The molecule has 98 valence electrons. The molecule has 7 heteroatoms. The van der Waals surface area contributed by atoms with Crippen LogP contribution in [0.3, 0.4) is 0 Å². The Morgan fingerprint density at radius 2 is 2.11 bits per heavy atom. The number of hydrogen-bond acceptors (Lipinski definition) is 5. The Hall–Kier alpha value is -2.34. The van der Waals surface area contributed by atoms with E-state index in [1.165, 1.54) is 13.2 Å². The number of halogens is 1. The van der Waals surface area contributed by atoms with Gasteiger partial charge in [0.2, 0.25) is 0 Å². The highest BCUT2D eigenvalue weighted by atomic mass is 35.5. The number of carbonyl (C=O) groups excluding carboxylic acids is 1. The van der Waals surface area contributed by atoms with Gasteiger partial charge in [-0.05, 0) is 24.3 Å². The van der Waals surface area contributed by atoms with Gasteiger partial charge < -0.3 is 15.8 Å². The molecule has 19 heavy (non-hydrogen) atoms. The van der Waals surface area contributed by atoms with Crippen molar-refractivity contribution in [2.24, 2.45) is 0 Å². The number of rotatable bonds is 3. The van der Waals surface area contributed by atoms with Crippen LogP contribution in [0.25, 0.3) is 0 Å². The molecule has 2 aromatic rings. The van der Waals surface area contributed by atoms with Crippen molar-refractivity contribution < 1.29 is 9.53 Å². The van der Waals surface area contributed by atoms with Crippen LogP contribution in [0.4, 0.5) is 11.5 Å². The molecule has 0 bridgehead atoms. The van der Waals surface area contributed by atoms with E-state index in [0.29, 0.717) is 22.8 Å². The Kier molecular flexibility index (Phi) is 3.82. The van der Waals surface area contributed by atoms with E-state index in [0.717, 1.165) is 0 Å². The SMILES string of the molecule is COc1cc(N)ccc1C(=O)Nc1ccc(Cl)nn1. The molecular formula is C12H11ClN4O2. The van der Waals surface area contributed by atoms with Gasteiger partial charge in [-0.25, -0.2) is 0 Å². The van der Waals surface area contributed by atoms with Crippen molar-refractivity contribution in [1.82, 2.24) is 10.2 Å². The highest BCUT2D eigenvalue weighted by Crippen LogP contribution is 2.22. The van der Waals surface area contributed by atoms with Gasteiger partial charge >= 0.3 is 0 Å². The van der Waals surface area contributed by atoms with Crippen molar-refractivity contribution in [1.29, 1.82) is 0 Å². The summed E-state index contributed by atoms with van der Waals surface area (Å²) in [5.41, 5.74) is 6.49. The molecule has 1 amide bonds. The maximum atomic E-state index is 12.1. The average Bonchev–Trinajstić information content (AvgIpc) is 2.41. The second-order valence-corrected chi connectivity index (χ2v) is 4.04. The minimum Gasteiger partial charge on any atom is -0.496 e. The minimum absolute atomic E-state index is 0.253. The van der Waals surface area contributed by atoms with Crippen molar-refractivity contribution in [2.45, 2.75) is 0 Å². The van der Waals surface area contributed by atoms with Crippen LogP contribution in [0, 0.1) is 0 Å². The topological polar surface area (TPSA) is 90.1 Å². The lowest BCUT2D eigenvalue weighted by atomic mass is 10.1. The van der Waals surface area contributed by atoms with Crippen molar-refractivity contribution in [2.75, 3.05) is 18.2 Å². The minimum atomic E-state index is -0.367. The number of benzene rings is 1. The zero-order valence-corrected chi connectivity index (χ0v) is 10.8. The molecule has 3 N–H and O–H groups in total. The molecule has 0 unspecified atom stereocenters. The molecule has 0 aliphatic carbocycles. The number of nitrogens with one attached hydrogen (secondary N) is 1. The lowest BCUT2D eigenvalue weighted by molar-refractivity contribution is 0.102. The second-order valence-electron chi connectivity index (χ2n) is 3.66. The molecule has 2 rings (SSSR count). The molecule has 1 heterocycles. The Morgan fingerprint density at radius 1 is 1.32 bits per heavy atom. The van der Waals surface area contributed by atoms with Gasteiger partial charge in [-0.15, -0.1) is 10.2 Å². The number of nitrogens with zero attached hydrogens (tertiary/aromatic N) is 2. The van der Waals surface area contributed by atoms with E-state index in [2.05, 4.69) is 15.5 Å². The van der Waals surface area contributed by atoms with Gasteiger partial charge in [0.05, 0.1) is 12.7 Å². The Morgan fingerprint density at radius 3 is 2.74 bits per heavy atom. The number of ether oxygens (including phenoxy) is 1. The summed E-state index contributed by atoms with van der Waals surface area (Å²) < 4.78 is 5.11. The summed E-state index contributed by atoms with van der Waals surface area (Å²) in [4.78, 5) is 12.1. The fourth-order valence-corrected chi connectivity index (χ4v) is 1.56. The van der Waals surface area contributed by atoms with Crippen LogP contribution in [-0.2, 0) is 0 Å². The lowest BCUT2D eigenvalue weighted by Crippen LogP contribution is -2.14. The molecular weight excluding hydrogens is 268 g/mol. The maximum absolute atomic E-state index is 12.1. The Balaban J connectivity index is 2.22. The number of hydrogen-bond donors (Lipinski definition) is 2. The molecule has 0 atom stereocenters. The summed E-state index contributed by atoms with van der Waals surface area (Å²) in [6.45, 7) is 0. The van der Waals surface area contributed by atoms with Crippen molar-refractivity contribution in [3.8, 4) is 5.75 Å². The van der Waals surface area contributed by atoms with E-state index in [-0.39, 0.29) is 11.1 Å². The first kappa shape index (κ1) is 13.1. The summed E-state index contributed by atoms with van der Waals surface area (Å²) in [7, 11) is 1.47. The smallest absolute Gasteiger partial charge is 0.260 e. The highest BCUT2D eigenvalue weighted by Gasteiger charge is 2.13. The lowest BCUT2D eigenvalue weighted by Gasteiger charge is -2.09. The monoisotopic (exact) mass is 278 g/mol. The van der Waals surface area contributed by atoms with Crippen molar-refractivity contribution >= 4 is 29.0 Å². The third kappa shape index (κ3) is 3.11. The number of nitrogens with two attached hydrogens (primary N) is 1. The number of anilines is 2. The van der Waals surface area contributed by atoms with Crippen molar-refractivity contribution in [3.63, 3.8) is 0 Å². The van der Waals surface area contributed by atoms with Crippen LogP contribution in [-0.4, -0.2) is 23.2 Å². The Bertz CT molecular complexity index is 601. The van der Waals surface area contributed by atoms with Crippen LogP contribution in [0.1, 0.15) is 10.4 Å². The summed E-state index contributed by atoms with van der Waals surface area (Å²) in [6.07, 6.45) is 0. The van der Waals surface area contributed by atoms with Gasteiger partial charge in [-0.2, -0.15) is 0 Å². The van der Waals surface area contributed by atoms with Gasteiger partial charge in [0.1, 0.15) is 5.75 Å². The van der Waals surface area contributed by atoms with Crippen LogP contribution in [0.5, 0.6) is 5.75 Å². The maximum Gasteiger partial charge on any atom is 0.260 e. The second kappa shape index (κ2) is 5.53. The predicted octanol–water partition coefficient (Wildman–Crippen LogP) is 1.97. The van der Waals surface area contributed by atoms with Crippen LogP contribution >= 0.6 is 11.6 Å². The number of nitrogen functional groups attached to an aromatic ring is 1. The summed E-state index contributed by atoms with van der Waals surface area (Å²) in [6, 6.07) is 7.85. The van der Waals surface area contributed by atoms with Gasteiger partial charge in [0.15, 0.2) is 11.0 Å². The zero-order chi connectivity index (χ0) is 13.8. The molecule has 0 spiro atoms. The summed E-state index contributed by atoms with van der Waals surface area (Å²) in [5, 5.41) is 10.2. The molecule has 1 aromatic heterocycles. The molecule has 0 radical (unpaired) electrons. The zero-order valence-electron chi connectivity index (χ0n) is 10.1. The Labute approximate surface area is 114 Å².